The maximum absolute atomic E-state index is 12.3. The van der Waals surface area contributed by atoms with E-state index in [4.69, 9.17) is 0 Å². The van der Waals surface area contributed by atoms with E-state index in [2.05, 4.69) is 21.2 Å². The van der Waals surface area contributed by atoms with Crippen molar-refractivity contribution in [3.8, 4) is 0 Å². The molecule has 1 aliphatic carbocycles. The molecular formula is C16H17BrN2O4. The minimum Gasteiger partial charge on any atom is -0.465 e. The van der Waals surface area contributed by atoms with Gasteiger partial charge in [0.2, 0.25) is 5.91 Å². The Hall–Kier alpha value is -1.89. The van der Waals surface area contributed by atoms with Gasteiger partial charge >= 0.3 is 6.09 Å². The number of nitrogens with zero attached hydrogens (tertiary/aromatic N) is 1. The Labute approximate surface area is 142 Å². The highest BCUT2D eigenvalue weighted by atomic mass is 79.9. The molecule has 0 bridgehead atoms. The van der Waals surface area contributed by atoms with Crippen molar-refractivity contribution in [2.75, 3.05) is 13.1 Å². The van der Waals surface area contributed by atoms with Crippen molar-refractivity contribution in [1.82, 2.24) is 10.2 Å². The molecule has 3 rings (SSSR count). The average Bonchev–Trinajstić information content (AvgIpc) is 3.15. The monoisotopic (exact) mass is 380 g/mol. The molecule has 1 heterocycles. The first kappa shape index (κ1) is 16.0. The van der Waals surface area contributed by atoms with Crippen LogP contribution in [0.3, 0.4) is 0 Å². The van der Waals surface area contributed by atoms with Gasteiger partial charge in [0.05, 0.1) is 6.54 Å². The molecule has 23 heavy (non-hydrogen) atoms. The van der Waals surface area contributed by atoms with E-state index in [1.807, 2.05) is 0 Å². The summed E-state index contributed by atoms with van der Waals surface area (Å²) in [5.41, 5.74) is 0.504. The Morgan fingerprint density at radius 3 is 2.48 bits per heavy atom. The largest absolute Gasteiger partial charge is 0.465 e. The maximum atomic E-state index is 12.3. The summed E-state index contributed by atoms with van der Waals surface area (Å²) in [6, 6.07) is 6.19. The standard InChI is InChI=1S/C16H17BrN2O4/c17-11-3-1-10(2-4-11)13(20)8-18-14(21)12-7-16(5-6-16)9-19(12)15(22)23/h1-4,12H,5-9H2,(H,18,21)(H,22,23). The number of likely N-dealkylation sites (tertiary alicyclic amines) is 1. The van der Waals surface area contributed by atoms with E-state index in [0.29, 0.717) is 18.5 Å². The number of amides is 2. The summed E-state index contributed by atoms with van der Waals surface area (Å²) >= 11 is 3.30. The van der Waals surface area contributed by atoms with Crippen LogP contribution in [0.4, 0.5) is 4.79 Å². The summed E-state index contributed by atoms with van der Waals surface area (Å²) in [6.07, 6.45) is 1.42. The number of hydrogen-bond acceptors (Lipinski definition) is 3. The molecular weight excluding hydrogens is 364 g/mol. The first-order valence-corrected chi connectivity index (χ1v) is 8.26. The van der Waals surface area contributed by atoms with Crippen LogP contribution < -0.4 is 5.32 Å². The zero-order valence-corrected chi connectivity index (χ0v) is 14.0. The third-order valence-corrected chi connectivity index (χ3v) is 5.13. The van der Waals surface area contributed by atoms with Gasteiger partial charge in [0.1, 0.15) is 6.04 Å². The molecule has 1 aromatic rings. The van der Waals surface area contributed by atoms with Gasteiger partial charge in [-0.1, -0.05) is 28.1 Å². The lowest BCUT2D eigenvalue weighted by molar-refractivity contribution is -0.124. The Morgan fingerprint density at radius 1 is 1.26 bits per heavy atom. The van der Waals surface area contributed by atoms with Gasteiger partial charge in [-0.25, -0.2) is 4.79 Å². The molecule has 1 saturated heterocycles. The first-order valence-electron chi connectivity index (χ1n) is 7.46. The van der Waals surface area contributed by atoms with Crippen molar-refractivity contribution in [1.29, 1.82) is 0 Å². The van der Waals surface area contributed by atoms with Crippen molar-refractivity contribution in [3.05, 3.63) is 34.3 Å². The molecule has 6 nitrogen and oxygen atoms in total. The topological polar surface area (TPSA) is 86.7 Å². The molecule has 1 aromatic carbocycles. The number of carbonyl (C=O) groups excluding carboxylic acids is 2. The summed E-state index contributed by atoms with van der Waals surface area (Å²) in [5.74, 6) is -0.589. The Bertz CT molecular complexity index is 655. The van der Waals surface area contributed by atoms with Gasteiger partial charge in [0.25, 0.3) is 0 Å². The molecule has 1 spiro atoms. The molecule has 2 amide bonds. The van der Waals surface area contributed by atoms with Gasteiger partial charge < -0.3 is 10.4 Å². The minimum atomic E-state index is -1.08. The molecule has 122 valence electrons. The lowest BCUT2D eigenvalue weighted by Gasteiger charge is -2.20. The fourth-order valence-corrected chi connectivity index (χ4v) is 3.32. The van der Waals surface area contributed by atoms with E-state index in [1.165, 1.54) is 4.90 Å². The second kappa shape index (κ2) is 5.96. The Kier molecular flexibility index (Phi) is 4.14. The fraction of sp³-hybridized carbons (Fsp3) is 0.438. The third kappa shape index (κ3) is 3.39. The van der Waals surface area contributed by atoms with Crippen LogP contribution in [0.1, 0.15) is 29.6 Å². The number of halogens is 1. The minimum absolute atomic E-state index is 0.00386. The summed E-state index contributed by atoms with van der Waals surface area (Å²) < 4.78 is 0.871. The van der Waals surface area contributed by atoms with Crippen LogP contribution in [-0.4, -0.2) is 46.9 Å². The van der Waals surface area contributed by atoms with E-state index in [-0.39, 0.29) is 23.7 Å². The fourth-order valence-electron chi connectivity index (χ4n) is 3.05. The summed E-state index contributed by atoms with van der Waals surface area (Å²) in [7, 11) is 0. The first-order chi connectivity index (χ1) is 10.9. The number of benzene rings is 1. The zero-order valence-electron chi connectivity index (χ0n) is 12.4. The van der Waals surface area contributed by atoms with Crippen molar-refractivity contribution >= 4 is 33.7 Å². The summed E-state index contributed by atoms with van der Waals surface area (Å²) in [6.45, 7) is 0.290. The predicted molar refractivity (Wildman–Crippen MR) is 86.3 cm³/mol. The highest BCUT2D eigenvalue weighted by Crippen LogP contribution is 2.54. The van der Waals surface area contributed by atoms with Crippen LogP contribution in [0, 0.1) is 5.41 Å². The van der Waals surface area contributed by atoms with Gasteiger partial charge in [0.15, 0.2) is 5.78 Å². The van der Waals surface area contributed by atoms with Crippen LogP contribution in [0.5, 0.6) is 0 Å². The number of hydrogen-bond donors (Lipinski definition) is 2. The van der Waals surface area contributed by atoms with Crippen LogP contribution >= 0.6 is 15.9 Å². The Morgan fingerprint density at radius 2 is 1.91 bits per heavy atom. The summed E-state index contributed by atoms with van der Waals surface area (Å²) in [4.78, 5) is 36.9. The number of nitrogens with one attached hydrogen (secondary N) is 1. The van der Waals surface area contributed by atoms with Gasteiger partial charge in [0, 0.05) is 16.6 Å². The van der Waals surface area contributed by atoms with Gasteiger partial charge in [-0.2, -0.15) is 0 Å². The normalized spacial score (nSPS) is 21.3. The van der Waals surface area contributed by atoms with Crippen LogP contribution in [0.15, 0.2) is 28.7 Å². The third-order valence-electron chi connectivity index (χ3n) is 4.60. The van der Waals surface area contributed by atoms with E-state index < -0.39 is 12.1 Å². The molecule has 7 heteroatoms. The predicted octanol–water partition coefficient (Wildman–Crippen LogP) is 2.28. The number of carbonyl (C=O) groups is 3. The number of ketones is 1. The SMILES string of the molecule is O=C(CNC(=O)C1CC2(CC2)CN1C(=O)O)c1ccc(Br)cc1. The average molecular weight is 381 g/mol. The molecule has 1 aliphatic heterocycles. The number of Topliss-reactive ketones (excluding diaryl/α,β-unsaturated/α-hetero) is 1. The van der Waals surface area contributed by atoms with Crippen molar-refractivity contribution < 1.29 is 19.5 Å². The molecule has 1 saturated carbocycles. The lowest BCUT2D eigenvalue weighted by atomic mass is 10.0. The molecule has 2 fully saturated rings. The van der Waals surface area contributed by atoms with Gasteiger partial charge in [-0.15, -0.1) is 0 Å². The highest BCUT2D eigenvalue weighted by molar-refractivity contribution is 9.10. The van der Waals surface area contributed by atoms with Crippen molar-refractivity contribution in [2.45, 2.75) is 25.3 Å². The van der Waals surface area contributed by atoms with E-state index in [9.17, 15) is 19.5 Å². The smallest absolute Gasteiger partial charge is 0.407 e. The van der Waals surface area contributed by atoms with Gasteiger partial charge in [-0.05, 0) is 36.8 Å². The molecule has 0 radical (unpaired) electrons. The molecule has 2 N–H and O–H groups in total. The second-order valence-corrected chi connectivity index (χ2v) is 7.19. The van der Waals surface area contributed by atoms with Crippen LogP contribution in [0.2, 0.25) is 0 Å². The molecule has 0 aromatic heterocycles. The maximum Gasteiger partial charge on any atom is 0.407 e. The highest BCUT2D eigenvalue weighted by Gasteiger charge is 2.55. The zero-order chi connectivity index (χ0) is 16.6. The van der Waals surface area contributed by atoms with E-state index >= 15 is 0 Å². The number of rotatable bonds is 4. The quantitative estimate of drug-likeness (QED) is 0.784. The summed E-state index contributed by atoms with van der Waals surface area (Å²) in [5, 5.41) is 11.8. The Balaban J connectivity index is 1.59. The van der Waals surface area contributed by atoms with E-state index in [1.54, 1.807) is 24.3 Å². The number of carboxylic acid groups (broad SMARTS) is 1. The van der Waals surface area contributed by atoms with E-state index in [0.717, 1.165) is 17.3 Å². The molecule has 2 aliphatic rings. The van der Waals surface area contributed by atoms with Crippen molar-refractivity contribution in [2.24, 2.45) is 5.41 Å². The molecule has 1 unspecified atom stereocenters. The molecule has 1 atom stereocenters. The second-order valence-electron chi connectivity index (χ2n) is 6.28. The van der Waals surface area contributed by atoms with Crippen molar-refractivity contribution in [3.63, 3.8) is 0 Å². The van der Waals surface area contributed by atoms with Crippen LogP contribution in [0.25, 0.3) is 0 Å². The van der Waals surface area contributed by atoms with Crippen LogP contribution in [-0.2, 0) is 4.79 Å². The lowest BCUT2D eigenvalue weighted by Crippen LogP contribution is -2.46. The van der Waals surface area contributed by atoms with Gasteiger partial charge in [-0.3, -0.25) is 14.5 Å².